The van der Waals surface area contributed by atoms with Crippen LogP contribution in [0.4, 0.5) is 17.2 Å². The van der Waals surface area contributed by atoms with Gasteiger partial charge in [-0.2, -0.15) is 0 Å². The van der Waals surface area contributed by atoms with Crippen LogP contribution in [-0.4, -0.2) is 29.4 Å². The highest BCUT2D eigenvalue weighted by molar-refractivity contribution is 6.05. The third-order valence-electron chi connectivity index (χ3n) is 4.84. The fourth-order valence-corrected chi connectivity index (χ4v) is 3.52. The van der Waals surface area contributed by atoms with Gasteiger partial charge in [-0.1, -0.05) is 13.0 Å². The van der Waals surface area contributed by atoms with Crippen LogP contribution in [0, 0.1) is 0 Å². The molecule has 6 heteroatoms. The fraction of sp³-hybridized carbons (Fsp3) is 0.381. The molecule has 0 saturated carbocycles. The molecule has 6 nitrogen and oxygen atoms in total. The molecule has 0 aliphatic carbocycles. The summed E-state index contributed by atoms with van der Waals surface area (Å²) in [6, 6.07) is 11.2. The third kappa shape index (κ3) is 4.84. The Bertz CT molecular complexity index is 821. The quantitative estimate of drug-likeness (QED) is 0.837. The lowest BCUT2D eigenvalue weighted by molar-refractivity contribution is -0.114. The molecule has 1 aliphatic rings. The van der Waals surface area contributed by atoms with E-state index in [4.69, 9.17) is 0 Å². The molecule has 1 saturated heterocycles. The summed E-state index contributed by atoms with van der Waals surface area (Å²) in [5.74, 6) is 0.522. The summed E-state index contributed by atoms with van der Waals surface area (Å²) in [6.45, 7) is 4.63. The first-order valence-electron chi connectivity index (χ1n) is 9.48. The first kappa shape index (κ1) is 18.9. The van der Waals surface area contributed by atoms with Crippen LogP contribution in [-0.2, 0) is 4.79 Å². The SMILES string of the molecule is CCC1CCCCN1c1cc(C(=O)Nc2cccc(NC(C)=O)c2)ccn1. The predicted octanol–water partition coefficient (Wildman–Crippen LogP) is 4.06. The zero-order valence-corrected chi connectivity index (χ0v) is 15.9. The number of aromatic nitrogens is 1. The van der Waals surface area contributed by atoms with Crippen LogP contribution in [0.2, 0.25) is 0 Å². The molecule has 142 valence electrons. The average molecular weight is 366 g/mol. The lowest BCUT2D eigenvalue weighted by Crippen LogP contribution is -2.39. The van der Waals surface area contributed by atoms with Gasteiger partial charge in [0.15, 0.2) is 0 Å². The summed E-state index contributed by atoms with van der Waals surface area (Å²) < 4.78 is 0. The van der Waals surface area contributed by atoms with Crippen LogP contribution in [0.1, 0.15) is 49.9 Å². The topological polar surface area (TPSA) is 74.3 Å². The Hall–Kier alpha value is -2.89. The second kappa shape index (κ2) is 8.66. The van der Waals surface area contributed by atoms with Crippen LogP contribution in [0.25, 0.3) is 0 Å². The predicted molar refractivity (Wildman–Crippen MR) is 108 cm³/mol. The van der Waals surface area contributed by atoms with Gasteiger partial charge >= 0.3 is 0 Å². The van der Waals surface area contributed by atoms with Gasteiger partial charge in [-0.3, -0.25) is 9.59 Å². The maximum Gasteiger partial charge on any atom is 0.255 e. The Morgan fingerprint density at radius 2 is 1.93 bits per heavy atom. The standard InChI is InChI=1S/C21H26N4O2/c1-3-19-9-4-5-12-25(19)20-13-16(10-11-22-20)21(27)24-18-8-6-7-17(14-18)23-15(2)26/h6-8,10-11,13-14,19H,3-5,9,12H2,1-2H3,(H,23,26)(H,24,27). The third-order valence-corrected chi connectivity index (χ3v) is 4.84. The van der Waals surface area contributed by atoms with E-state index >= 15 is 0 Å². The van der Waals surface area contributed by atoms with Crippen molar-refractivity contribution in [3.8, 4) is 0 Å². The van der Waals surface area contributed by atoms with Crippen molar-refractivity contribution in [2.75, 3.05) is 22.1 Å². The summed E-state index contributed by atoms with van der Waals surface area (Å²) in [4.78, 5) is 30.7. The molecule has 1 unspecified atom stereocenters. The minimum Gasteiger partial charge on any atom is -0.354 e. The number of hydrogen-bond acceptors (Lipinski definition) is 4. The molecule has 1 aromatic heterocycles. The van der Waals surface area contributed by atoms with Crippen LogP contribution in [0.5, 0.6) is 0 Å². The Morgan fingerprint density at radius 3 is 2.67 bits per heavy atom. The number of carbonyl (C=O) groups is 2. The van der Waals surface area contributed by atoms with Crippen molar-refractivity contribution in [2.24, 2.45) is 0 Å². The monoisotopic (exact) mass is 366 g/mol. The van der Waals surface area contributed by atoms with Crippen molar-refractivity contribution in [1.82, 2.24) is 4.98 Å². The zero-order valence-electron chi connectivity index (χ0n) is 15.9. The molecule has 2 amide bonds. The van der Waals surface area contributed by atoms with Crippen molar-refractivity contribution in [1.29, 1.82) is 0 Å². The van der Waals surface area contributed by atoms with Crippen molar-refractivity contribution >= 4 is 29.0 Å². The fourth-order valence-electron chi connectivity index (χ4n) is 3.52. The molecule has 1 fully saturated rings. The number of amides is 2. The van der Waals surface area contributed by atoms with Gasteiger partial charge in [-0.15, -0.1) is 0 Å². The van der Waals surface area contributed by atoms with Crippen LogP contribution >= 0.6 is 0 Å². The first-order valence-corrected chi connectivity index (χ1v) is 9.48. The summed E-state index contributed by atoms with van der Waals surface area (Å²) in [6.07, 6.45) is 6.35. The van der Waals surface area contributed by atoms with Gasteiger partial charge in [0.05, 0.1) is 0 Å². The zero-order chi connectivity index (χ0) is 19.2. The molecular weight excluding hydrogens is 340 g/mol. The maximum absolute atomic E-state index is 12.7. The molecular formula is C21H26N4O2. The Labute approximate surface area is 160 Å². The summed E-state index contributed by atoms with van der Waals surface area (Å²) in [5.41, 5.74) is 1.86. The number of nitrogens with one attached hydrogen (secondary N) is 2. The molecule has 0 radical (unpaired) electrons. The number of rotatable bonds is 5. The second-order valence-corrected chi connectivity index (χ2v) is 6.87. The second-order valence-electron chi connectivity index (χ2n) is 6.87. The largest absolute Gasteiger partial charge is 0.354 e. The Morgan fingerprint density at radius 1 is 1.15 bits per heavy atom. The highest BCUT2D eigenvalue weighted by Gasteiger charge is 2.22. The number of nitrogens with zero attached hydrogens (tertiary/aromatic N) is 2. The molecule has 3 rings (SSSR count). The van der Waals surface area contributed by atoms with E-state index in [0.717, 1.165) is 25.2 Å². The summed E-state index contributed by atoms with van der Waals surface area (Å²) >= 11 is 0. The van der Waals surface area contributed by atoms with Crippen LogP contribution < -0.4 is 15.5 Å². The average Bonchev–Trinajstić information content (AvgIpc) is 2.68. The molecule has 1 atom stereocenters. The first-order chi connectivity index (χ1) is 13.1. The van der Waals surface area contributed by atoms with E-state index in [0.29, 0.717) is 23.0 Å². The minimum absolute atomic E-state index is 0.149. The van der Waals surface area contributed by atoms with Crippen molar-refractivity contribution in [2.45, 2.75) is 45.6 Å². The van der Waals surface area contributed by atoms with Gasteiger partial charge in [0, 0.05) is 42.6 Å². The number of hydrogen-bond donors (Lipinski definition) is 2. The Balaban J connectivity index is 1.75. The number of pyridine rings is 1. The number of carbonyl (C=O) groups excluding carboxylic acids is 2. The highest BCUT2D eigenvalue weighted by atomic mass is 16.2. The van der Waals surface area contributed by atoms with E-state index in [9.17, 15) is 9.59 Å². The molecule has 27 heavy (non-hydrogen) atoms. The minimum atomic E-state index is -0.191. The highest BCUT2D eigenvalue weighted by Crippen LogP contribution is 2.25. The van der Waals surface area contributed by atoms with Gasteiger partial charge in [-0.25, -0.2) is 4.98 Å². The van der Waals surface area contributed by atoms with Crippen molar-refractivity contribution in [3.05, 3.63) is 48.2 Å². The number of piperidine rings is 1. The van der Waals surface area contributed by atoms with Gasteiger partial charge in [0.2, 0.25) is 5.91 Å². The van der Waals surface area contributed by atoms with E-state index in [1.807, 2.05) is 6.07 Å². The molecule has 0 spiro atoms. The van der Waals surface area contributed by atoms with E-state index in [2.05, 4.69) is 27.4 Å². The Kier molecular flexibility index (Phi) is 6.06. The molecule has 1 aliphatic heterocycles. The molecule has 1 aromatic carbocycles. The number of anilines is 3. The van der Waals surface area contributed by atoms with E-state index in [1.54, 1.807) is 36.5 Å². The van der Waals surface area contributed by atoms with Gasteiger partial charge in [0.1, 0.15) is 5.82 Å². The molecule has 2 heterocycles. The van der Waals surface area contributed by atoms with Crippen LogP contribution in [0.15, 0.2) is 42.6 Å². The van der Waals surface area contributed by atoms with Crippen molar-refractivity contribution in [3.63, 3.8) is 0 Å². The molecule has 0 bridgehead atoms. The van der Waals surface area contributed by atoms with Gasteiger partial charge in [0.25, 0.3) is 5.91 Å². The van der Waals surface area contributed by atoms with E-state index in [1.165, 1.54) is 19.8 Å². The molecule has 2 N–H and O–H groups in total. The number of benzene rings is 1. The van der Waals surface area contributed by atoms with Crippen LogP contribution in [0.3, 0.4) is 0 Å². The lowest BCUT2D eigenvalue weighted by atomic mass is 10.00. The van der Waals surface area contributed by atoms with Gasteiger partial charge < -0.3 is 15.5 Å². The lowest BCUT2D eigenvalue weighted by Gasteiger charge is -2.36. The summed E-state index contributed by atoms with van der Waals surface area (Å²) in [7, 11) is 0. The normalized spacial score (nSPS) is 16.7. The van der Waals surface area contributed by atoms with E-state index < -0.39 is 0 Å². The van der Waals surface area contributed by atoms with Crippen molar-refractivity contribution < 1.29 is 9.59 Å². The maximum atomic E-state index is 12.7. The smallest absolute Gasteiger partial charge is 0.255 e. The molecule has 2 aromatic rings. The van der Waals surface area contributed by atoms with E-state index in [-0.39, 0.29) is 11.8 Å². The summed E-state index contributed by atoms with van der Waals surface area (Å²) in [5, 5.41) is 5.61. The van der Waals surface area contributed by atoms with Gasteiger partial charge in [-0.05, 0) is 56.0 Å².